The summed E-state index contributed by atoms with van der Waals surface area (Å²) in [7, 11) is 0. The number of fused-ring (bicyclic) bond motifs is 1. The van der Waals surface area contributed by atoms with Gasteiger partial charge >= 0.3 is 0 Å². The summed E-state index contributed by atoms with van der Waals surface area (Å²) in [5, 5.41) is 16.0. The van der Waals surface area contributed by atoms with E-state index >= 15 is 0 Å². The van der Waals surface area contributed by atoms with Crippen LogP contribution in [0.3, 0.4) is 0 Å². The number of carbonyl (C=O) groups excluding carboxylic acids is 2. The molecule has 3 rings (SSSR count). The van der Waals surface area contributed by atoms with E-state index in [-0.39, 0.29) is 23.8 Å². The lowest BCUT2D eigenvalue weighted by Crippen LogP contribution is -2.30. The average molecular weight is 336 g/mol. The summed E-state index contributed by atoms with van der Waals surface area (Å²) in [6.45, 7) is 3.12. The van der Waals surface area contributed by atoms with Crippen molar-refractivity contribution in [3.8, 4) is 6.07 Å². The van der Waals surface area contributed by atoms with Gasteiger partial charge in [0.2, 0.25) is 5.91 Å². The Morgan fingerprint density at radius 2 is 2.08 bits per heavy atom. The van der Waals surface area contributed by atoms with Gasteiger partial charge in [-0.2, -0.15) is 10.4 Å². The zero-order chi connectivity index (χ0) is 18.1. The molecule has 0 unspecified atom stereocenters. The fraction of sp³-hybridized carbons (Fsp3) is 0.278. The van der Waals surface area contributed by atoms with Crippen LogP contribution in [0.25, 0.3) is 0 Å². The van der Waals surface area contributed by atoms with E-state index < -0.39 is 5.56 Å². The summed E-state index contributed by atoms with van der Waals surface area (Å²) in [6, 6.07) is 6.92. The fourth-order valence-corrected chi connectivity index (χ4v) is 2.79. The predicted octanol–water partition coefficient (Wildman–Crippen LogP) is 1.50. The van der Waals surface area contributed by atoms with Gasteiger partial charge in [0.25, 0.3) is 5.56 Å². The van der Waals surface area contributed by atoms with Crippen LogP contribution in [0.5, 0.6) is 0 Å². The number of nitrogens with one attached hydrogen (secondary N) is 1. The van der Waals surface area contributed by atoms with Crippen molar-refractivity contribution in [3.63, 3.8) is 0 Å². The van der Waals surface area contributed by atoms with Crippen LogP contribution in [0.15, 0.2) is 23.0 Å². The second-order valence-corrected chi connectivity index (χ2v) is 6.00. The van der Waals surface area contributed by atoms with Gasteiger partial charge in [0.05, 0.1) is 5.69 Å². The Labute approximate surface area is 143 Å². The van der Waals surface area contributed by atoms with E-state index in [1.54, 1.807) is 32.0 Å². The van der Waals surface area contributed by atoms with Crippen molar-refractivity contribution in [2.75, 3.05) is 5.32 Å². The van der Waals surface area contributed by atoms with Gasteiger partial charge in [-0.15, -0.1) is 0 Å². The first-order chi connectivity index (χ1) is 11.9. The molecular weight excluding hydrogens is 320 g/mol. The Kier molecular flexibility index (Phi) is 4.19. The molecule has 2 aromatic rings. The first kappa shape index (κ1) is 16.6. The highest BCUT2D eigenvalue weighted by molar-refractivity contribution is 5.98. The molecule has 1 aromatic carbocycles. The Balaban J connectivity index is 1.91. The van der Waals surface area contributed by atoms with Gasteiger partial charge in [-0.05, 0) is 49.6 Å². The summed E-state index contributed by atoms with van der Waals surface area (Å²) in [5.74, 6) is -0.317. The second-order valence-electron chi connectivity index (χ2n) is 6.00. The molecule has 0 fully saturated rings. The monoisotopic (exact) mass is 336 g/mol. The topological polar surface area (TPSA) is 105 Å². The number of hydrogen-bond donors (Lipinski definition) is 1. The van der Waals surface area contributed by atoms with Gasteiger partial charge in [-0.25, -0.2) is 4.68 Å². The summed E-state index contributed by atoms with van der Waals surface area (Å²) in [5.41, 5.74) is 2.56. The number of Topliss-reactive ketones (excluding diaryl/α,β-unsaturated/α-hetero) is 1. The average Bonchev–Trinajstić information content (AvgIpc) is 2.59. The van der Waals surface area contributed by atoms with Gasteiger partial charge in [-0.1, -0.05) is 0 Å². The third kappa shape index (κ3) is 3.06. The first-order valence-corrected chi connectivity index (χ1v) is 7.85. The highest BCUT2D eigenvalue weighted by Gasteiger charge is 2.18. The lowest BCUT2D eigenvalue weighted by molar-refractivity contribution is -0.116. The SMILES string of the molecule is Cc1nn(CC(=O)c2ccc3c(c2)CCC(=O)N3)c(=O)c(C#N)c1C. The van der Waals surface area contributed by atoms with E-state index in [0.29, 0.717) is 35.3 Å². The van der Waals surface area contributed by atoms with Gasteiger partial charge in [-0.3, -0.25) is 14.4 Å². The Morgan fingerprint density at radius 1 is 1.32 bits per heavy atom. The number of amides is 1. The van der Waals surface area contributed by atoms with Crippen molar-refractivity contribution in [1.82, 2.24) is 9.78 Å². The van der Waals surface area contributed by atoms with Crippen molar-refractivity contribution in [1.29, 1.82) is 5.26 Å². The minimum Gasteiger partial charge on any atom is -0.326 e. The summed E-state index contributed by atoms with van der Waals surface area (Å²) < 4.78 is 1.03. The molecule has 1 aromatic heterocycles. The highest BCUT2D eigenvalue weighted by Crippen LogP contribution is 2.23. The number of nitriles is 1. The highest BCUT2D eigenvalue weighted by atomic mass is 16.2. The van der Waals surface area contributed by atoms with E-state index in [9.17, 15) is 14.4 Å². The van der Waals surface area contributed by atoms with Crippen LogP contribution in [0.2, 0.25) is 0 Å². The Bertz CT molecular complexity index is 999. The number of nitrogens with zero attached hydrogens (tertiary/aromatic N) is 3. The largest absolute Gasteiger partial charge is 0.326 e. The van der Waals surface area contributed by atoms with Crippen molar-refractivity contribution < 1.29 is 9.59 Å². The van der Waals surface area contributed by atoms with Crippen molar-refractivity contribution >= 4 is 17.4 Å². The molecule has 2 heterocycles. The quantitative estimate of drug-likeness (QED) is 0.855. The molecule has 126 valence electrons. The third-order valence-corrected chi connectivity index (χ3v) is 4.36. The maximum absolute atomic E-state index is 12.5. The van der Waals surface area contributed by atoms with Crippen LogP contribution in [0.4, 0.5) is 5.69 Å². The standard InChI is InChI=1S/C18H16N4O3/c1-10-11(2)21-22(18(25)14(10)8-19)9-16(23)13-3-5-15-12(7-13)4-6-17(24)20-15/h3,5,7H,4,6,9H2,1-2H3,(H,20,24). The maximum Gasteiger partial charge on any atom is 0.285 e. The van der Waals surface area contributed by atoms with E-state index in [1.807, 2.05) is 6.07 Å². The molecule has 0 radical (unpaired) electrons. The summed E-state index contributed by atoms with van der Waals surface area (Å²) in [4.78, 5) is 36.2. The van der Waals surface area contributed by atoms with E-state index in [1.165, 1.54) is 0 Å². The number of aryl methyl sites for hydroxylation is 2. The molecule has 0 saturated carbocycles. The molecule has 7 heteroatoms. The summed E-state index contributed by atoms with van der Waals surface area (Å²) in [6.07, 6.45) is 0.955. The molecule has 25 heavy (non-hydrogen) atoms. The number of anilines is 1. The summed E-state index contributed by atoms with van der Waals surface area (Å²) >= 11 is 0. The Hall–Kier alpha value is -3.27. The molecule has 0 aliphatic carbocycles. The molecule has 0 spiro atoms. The van der Waals surface area contributed by atoms with Crippen molar-refractivity contribution in [2.45, 2.75) is 33.2 Å². The van der Waals surface area contributed by atoms with Crippen LogP contribution < -0.4 is 10.9 Å². The molecule has 1 aliphatic rings. The molecule has 7 nitrogen and oxygen atoms in total. The van der Waals surface area contributed by atoms with E-state index in [2.05, 4.69) is 10.4 Å². The number of rotatable bonds is 3. The number of hydrogen-bond acceptors (Lipinski definition) is 5. The normalized spacial score (nSPS) is 12.9. The molecule has 0 bridgehead atoms. The van der Waals surface area contributed by atoms with Crippen LogP contribution in [-0.2, 0) is 17.8 Å². The van der Waals surface area contributed by atoms with E-state index in [4.69, 9.17) is 5.26 Å². The van der Waals surface area contributed by atoms with Crippen molar-refractivity contribution in [2.24, 2.45) is 0 Å². The van der Waals surface area contributed by atoms with Gasteiger partial charge < -0.3 is 5.32 Å². The van der Waals surface area contributed by atoms with Crippen LogP contribution in [-0.4, -0.2) is 21.5 Å². The lowest BCUT2D eigenvalue weighted by atomic mass is 9.99. The Morgan fingerprint density at radius 3 is 2.80 bits per heavy atom. The molecular formula is C18H16N4O3. The van der Waals surface area contributed by atoms with Crippen LogP contribution in [0.1, 0.15) is 39.2 Å². The van der Waals surface area contributed by atoms with E-state index in [0.717, 1.165) is 10.2 Å². The number of benzene rings is 1. The molecule has 1 amide bonds. The molecule has 0 atom stereocenters. The molecule has 1 aliphatic heterocycles. The minimum absolute atomic E-state index is 0.00783. The fourth-order valence-electron chi connectivity index (χ4n) is 2.79. The first-order valence-electron chi connectivity index (χ1n) is 7.85. The zero-order valence-corrected chi connectivity index (χ0v) is 13.9. The minimum atomic E-state index is -0.566. The maximum atomic E-state index is 12.5. The van der Waals surface area contributed by atoms with Crippen LogP contribution in [0, 0.1) is 25.2 Å². The second kappa shape index (κ2) is 6.32. The predicted molar refractivity (Wildman–Crippen MR) is 90.4 cm³/mol. The number of aromatic nitrogens is 2. The smallest absolute Gasteiger partial charge is 0.285 e. The van der Waals surface area contributed by atoms with Gasteiger partial charge in [0, 0.05) is 17.7 Å². The molecule has 0 saturated heterocycles. The molecule has 1 N–H and O–H groups in total. The lowest BCUT2D eigenvalue weighted by Gasteiger charge is -2.17. The van der Waals surface area contributed by atoms with Crippen LogP contribution >= 0.6 is 0 Å². The van der Waals surface area contributed by atoms with Gasteiger partial charge in [0.15, 0.2) is 5.78 Å². The zero-order valence-electron chi connectivity index (χ0n) is 13.9. The number of carbonyl (C=O) groups is 2. The van der Waals surface area contributed by atoms with Crippen molar-refractivity contribution in [3.05, 3.63) is 56.5 Å². The number of ketones is 1. The van der Waals surface area contributed by atoms with Gasteiger partial charge in [0.1, 0.15) is 18.2 Å². The third-order valence-electron chi connectivity index (χ3n) is 4.36.